The lowest BCUT2D eigenvalue weighted by molar-refractivity contribution is -0.138. The largest absolute Gasteiger partial charge is 0.481 e. The first-order chi connectivity index (χ1) is 16.9. The number of carboxylic acids is 1. The molecule has 7 heteroatoms. The molecule has 2 aromatic carbocycles. The van der Waals surface area contributed by atoms with E-state index in [1.165, 1.54) is 11.1 Å². The quantitative estimate of drug-likeness (QED) is 0.471. The van der Waals surface area contributed by atoms with E-state index in [9.17, 15) is 14.4 Å². The number of rotatable bonds is 8. The number of carboxylic acid groups (broad SMARTS) is 1. The highest BCUT2D eigenvalue weighted by atomic mass is 16.5. The van der Waals surface area contributed by atoms with E-state index in [0.29, 0.717) is 12.8 Å². The standard InChI is InChI=1S/C28H34N2O5/c1-19(16-25(31)32)30-26(33)28(14-8-2-3-9-15-28)18-29-27(34)35-17-24-22-12-6-4-10-20(22)21-11-5-7-13-23(21)24/h4-7,10-13,19,24H,2-3,8-9,14-18H2,1H3,(H,29,34)(H,30,33)(H,31,32)/t19-/m1/s1. The zero-order chi connectivity index (χ0) is 24.8. The first kappa shape index (κ1) is 24.8. The molecule has 2 aliphatic carbocycles. The summed E-state index contributed by atoms with van der Waals surface area (Å²) < 4.78 is 5.66. The van der Waals surface area contributed by atoms with Crippen LogP contribution in [0, 0.1) is 5.41 Å². The van der Waals surface area contributed by atoms with Gasteiger partial charge in [-0.2, -0.15) is 0 Å². The zero-order valence-electron chi connectivity index (χ0n) is 20.2. The number of carbonyl (C=O) groups is 3. The van der Waals surface area contributed by atoms with Crippen molar-refractivity contribution in [2.24, 2.45) is 5.41 Å². The second-order valence-corrected chi connectivity index (χ2v) is 9.85. The van der Waals surface area contributed by atoms with Gasteiger partial charge in [-0.3, -0.25) is 9.59 Å². The van der Waals surface area contributed by atoms with Crippen molar-refractivity contribution in [2.45, 2.75) is 63.8 Å². The van der Waals surface area contributed by atoms with E-state index >= 15 is 0 Å². The fraction of sp³-hybridized carbons (Fsp3) is 0.464. The molecule has 0 heterocycles. The Labute approximate surface area is 206 Å². The average Bonchev–Trinajstić information content (AvgIpc) is 2.97. The van der Waals surface area contributed by atoms with Crippen LogP contribution in [0.3, 0.4) is 0 Å². The van der Waals surface area contributed by atoms with Gasteiger partial charge in [0.1, 0.15) is 6.61 Å². The van der Waals surface area contributed by atoms with E-state index in [4.69, 9.17) is 9.84 Å². The van der Waals surface area contributed by atoms with Gasteiger partial charge >= 0.3 is 12.1 Å². The second-order valence-electron chi connectivity index (χ2n) is 9.85. The van der Waals surface area contributed by atoms with Crippen LogP contribution in [0.25, 0.3) is 11.1 Å². The Morgan fingerprint density at radius 3 is 2.11 bits per heavy atom. The van der Waals surface area contributed by atoms with Gasteiger partial charge in [-0.1, -0.05) is 74.2 Å². The van der Waals surface area contributed by atoms with Crippen LogP contribution >= 0.6 is 0 Å². The van der Waals surface area contributed by atoms with Crippen molar-refractivity contribution in [1.29, 1.82) is 0 Å². The predicted molar refractivity (Wildman–Crippen MR) is 133 cm³/mol. The third-order valence-corrected chi connectivity index (χ3v) is 7.32. The summed E-state index contributed by atoms with van der Waals surface area (Å²) in [5.74, 6) is -1.17. The van der Waals surface area contributed by atoms with Gasteiger partial charge in [0.25, 0.3) is 0 Å². The molecule has 35 heavy (non-hydrogen) atoms. The highest BCUT2D eigenvalue weighted by Gasteiger charge is 2.40. The molecule has 2 amide bonds. The first-order valence-electron chi connectivity index (χ1n) is 12.5. The lowest BCUT2D eigenvalue weighted by Crippen LogP contribution is -2.50. The Bertz CT molecular complexity index is 1030. The molecule has 1 atom stereocenters. The molecule has 1 fully saturated rings. The molecule has 0 bridgehead atoms. The summed E-state index contributed by atoms with van der Waals surface area (Å²) >= 11 is 0. The van der Waals surface area contributed by atoms with Crippen molar-refractivity contribution >= 4 is 18.0 Å². The summed E-state index contributed by atoms with van der Waals surface area (Å²) in [5.41, 5.74) is 3.87. The summed E-state index contributed by atoms with van der Waals surface area (Å²) in [6, 6.07) is 15.9. The third kappa shape index (κ3) is 5.66. The normalized spacial score (nSPS) is 17.4. The lowest BCUT2D eigenvalue weighted by atomic mass is 9.79. The number of hydrogen-bond donors (Lipinski definition) is 3. The Hall–Kier alpha value is -3.35. The Balaban J connectivity index is 1.39. The number of hydrogen-bond acceptors (Lipinski definition) is 4. The maximum Gasteiger partial charge on any atom is 0.407 e. The van der Waals surface area contributed by atoms with Gasteiger partial charge in [-0.05, 0) is 42.0 Å². The number of fused-ring (bicyclic) bond motifs is 3. The molecule has 0 spiro atoms. The molecule has 4 rings (SSSR count). The highest BCUT2D eigenvalue weighted by molar-refractivity contribution is 5.84. The number of alkyl carbamates (subject to hydrolysis) is 1. The molecule has 3 N–H and O–H groups in total. The van der Waals surface area contributed by atoms with Crippen LogP contribution in [0.1, 0.15) is 68.9 Å². The monoisotopic (exact) mass is 478 g/mol. The molecule has 0 aliphatic heterocycles. The van der Waals surface area contributed by atoms with Crippen molar-refractivity contribution in [3.05, 3.63) is 59.7 Å². The van der Waals surface area contributed by atoms with Gasteiger partial charge in [0.2, 0.25) is 5.91 Å². The Kier molecular flexibility index (Phi) is 7.73. The summed E-state index contributed by atoms with van der Waals surface area (Å²) in [5, 5.41) is 14.7. The molecule has 186 valence electrons. The minimum Gasteiger partial charge on any atom is -0.481 e. The van der Waals surface area contributed by atoms with Gasteiger partial charge in [-0.25, -0.2) is 4.79 Å². The van der Waals surface area contributed by atoms with Crippen molar-refractivity contribution in [2.75, 3.05) is 13.2 Å². The van der Waals surface area contributed by atoms with Crippen molar-refractivity contribution in [1.82, 2.24) is 10.6 Å². The lowest BCUT2D eigenvalue weighted by Gasteiger charge is -2.32. The summed E-state index contributed by atoms with van der Waals surface area (Å²) in [6.07, 6.45) is 4.52. The third-order valence-electron chi connectivity index (χ3n) is 7.32. The minimum absolute atomic E-state index is 0.0276. The molecule has 2 aliphatic rings. The number of ether oxygens (including phenoxy) is 1. The fourth-order valence-corrected chi connectivity index (χ4v) is 5.47. The van der Waals surface area contributed by atoms with Crippen LogP contribution in [0.4, 0.5) is 4.79 Å². The van der Waals surface area contributed by atoms with Crippen LogP contribution < -0.4 is 10.6 Å². The Morgan fingerprint density at radius 1 is 0.971 bits per heavy atom. The van der Waals surface area contributed by atoms with Gasteiger partial charge in [0.05, 0.1) is 11.8 Å². The minimum atomic E-state index is -0.954. The van der Waals surface area contributed by atoms with Gasteiger partial charge in [-0.15, -0.1) is 0 Å². The molecular weight excluding hydrogens is 444 g/mol. The van der Waals surface area contributed by atoms with Crippen molar-refractivity contribution < 1.29 is 24.2 Å². The summed E-state index contributed by atoms with van der Waals surface area (Å²) in [4.78, 5) is 37.0. The van der Waals surface area contributed by atoms with E-state index < -0.39 is 23.5 Å². The number of carbonyl (C=O) groups excluding carboxylic acids is 2. The van der Waals surface area contributed by atoms with Gasteiger partial charge in [0, 0.05) is 18.5 Å². The molecule has 1 saturated carbocycles. The van der Waals surface area contributed by atoms with Gasteiger partial charge < -0.3 is 20.5 Å². The maximum atomic E-state index is 13.2. The SMILES string of the molecule is C[C@H](CC(=O)O)NC(=O)C1(CNC(=O)OCC2c3ccccc3-c3ccccc32)CCCCCC1. The second kappa shape index (κ2) is 10.9. The maximum absolute atomic E-state index is 13.2. The van der Waals surface area contributed by atoms with E-state index in [-0.39, 0.29) is 31.4 Å². The van der Waals surface area contributed by atoms with E-state index in [1.807, 2.05) is 24.3 Å². The summed E-state index contributed by atoms with van der Waals surface area (Å²) in [7, 11) is 0. The van der Waals surface area contributed by atoms with E-state index in [1.54, 1.807) is 6.92 Å². The van der Waals surface area contributed by atoms with E-state index in [2.05, 4.69) is 34.9 Å². The number of nitrogens with one attached hydrogen (secondary N) is 2. The van der Waals surface area contributed by atoms with Gasteiger partial charge in [0.15, 0.2) is 0 Å². The fourth-order valence-electron chi connectivity index (χ4n) is 5.47. The van der Waals surface area contributed by atoms with Crippen molar-refractivity contribution in [3.8, 4) is 11.1 Å². The molecule has 7 nitrogen and oxygen atoms in total. The summed E-state index contributed by atoms with van der Waals surface area (Å²) in [6.45, 7) is 2.08. The average molecular weight is 479 g/mol. The highest BCUT2D eigenvalue weighted by Crippen LogP contribution is 2.44. The molecular formula is C28H34N2O5. The van der Waals surface area contributed by atoms with Crippen LogP contribution in [0.15, 0.2) is 48.5 Å². The predicted octanol–water partition coefficient (Wildman–Crippen LogP) is 4.85. The number of amides is 2. The molecule has 0 radical (unpaired) electrons. The smallest absolute Gasteiger partial charge is 0.407 e. The zero-order valence-corrected chi connectivity index (χ0v) is 20.2. The van der Waals surface area contributed by atoms with Crippen LogP contribution in [0.2, 0.25) is 0 Å². The number of benzene rings is 2. The Morgan fingerprint density at radius 2 is 1.54 bits per heavy atom. The molecule has 0 unspecified atom stereocenters. The van der Waals surface area contributed by atoms with Crippen LogP contribution in [0.5, 0.6) is 0 Å². The molecule has 0 saturated heterocycles. The van der Waals surface area contributed by atoms with Crippen LogP contribution in [-0.4, -0.2) is 42.3 Å². The molecule has 0 aromatic heterocycles. The first-order valence-corrected chi connectivity index (χ1v) is 12.5. The van der Waals surface area contributed by atoms with Crippen molar-refractivity contribution in [3.63, 3.8) is 0 Å². The topological polar surface area (TPSA) is 105 Å². The number of aliphatic carboxylic acids is 1. The van der Waals surface area contributed by atoms with Crippen LogP contribution in [-0.2, 0) is 14.3 Å². The van der Waals surface area contributed by atoms with E-state index in [0.717, 1.165) is 36.8 Å². The molecule has 2 aromatic rings.